The van der Waals surface area contributed by atoms with E-state index in [0.717, 1.165) is 6.42 Å². The van der Waals surface area contributed by atoms with E-state index in [2.05, 4.69) is 19.2 Å². The minimum atomic E-state index is -1.12. The maximum absolute atomic E-state index is 13.3. The number of ether oxygens (including phenoxy) is 2. The van der Waals surface area contributed by atoms with Gasteiger partial charge in [0, 0.05) is 36.2 Å². The first-order chi connectivity index (χ1) is 17.1. The number of carbonyl (C=O) groups is 3. The molecule has 1 heterocycles. The maximum Gasteiger partial charge on any atom is 0.247 e. The van der Waals surface area contributed by atoms with E-state index in [1.807, 2.05) is 13.8 Å². The van der Waals surface area contributed by atoms with Gasteiger partial charge in [-0.25, -0.2) is 0 Å². The van der Waals surface area contributed by atoms with Crippen LogP contribution in [0.3, 0.4) is 0 Å². The van der Waals surface area contributed by atoms with Crippen LogP contribution in [0.2, 0.25) is 0 Å². The molecule has 0 spiro atoms. The molecule has 0 aromatic heterocycles. The topological polar surface area (TPSA) is 125 Å². The average Bonchev–Trinajstić information content (AvgIpc) is 3.22. The smallest absolute Gasteiger partial charge is 0.247 e. The van der Waals surface area contributed by atoms with E-state index >= 15 is 0 Å². The van der Waals surface area contributed by atoms with Gasteiger partial charge in [0.25, 0.3) is 0 Å². The number of amides is 2. The van der Waals surface area contributed by atoms with Crippen LogP contribution in [0, 0.1) is 11.8 Å². The molecule has 36 heavy (non-hydrogen) atoms. The second-order valence-corrected chi connectivity index (χ2v) is 10.3. The van der Waals surface area contributed by atoms with Gasteiger partial charge in [0.05, 0.1) is 25.7 Å². The summed E-state index contributed by atoms with van der Waals surface area (Å²) in [6.45, 7) is 8.30. The van der Waals surface area contributed by atoms with Crippen LogP contribution in [-0.2, 0) is 9.59 Å². The largest absolute Gasteiger partial charge is 0.493 e. The zero-order valence-corrected chi connectivity index (χ0v) is 21.7. The predicted octanol–water partition coefficient (Wildman–Crippen LogP) is 2.05. The van der Waals surface area contributed by atoms with Gasteiger partial charge in [-0.3, -0.25) is 14.4 Å². The van der Waals surface area contributed by atoms with Crippen molar-refractivity contribution in [2.24, 2.45) is 11.8 Å². The third kappa shape index (κ3) is 5.73. The minimum Gasteiger partial charge on any atom is -0.493 e. The highest BCUT2D eigenvalue weighted by atomic mass is 16.5. The first-order valence-corrected chi connectivity index (χ1v) is 12.5. The van der Waals surface area contributed by atoms with Crippen molar-refractivity contribution in [3.05, 3.63) is 34.9 Å². The van der Waals surface area contributed by atoms with Gasteiger partial charge in [0.15, 0.2) is 11.5 Å². The summed E-state index contributed by atoms with van der Waals surface area (Å²) in [7, 11) is 1.46. The van der Waals surface area contributed by atoms with Crippen molar-refractivity contribution in [2.45, 2.75) is 64.7 Å². The lowest BCUT2D eigenvalue weighted by atomic mass is 9.77. The zero-order valence-electron chi connectivity index (χ0n) is 21.7. The van der Waals surface area contributed by atoms with Crippen molar-refractivity contribution >= 4 is 18.1 Å². The molecule has 4 unspecified atom stereocenters. The highest BCUT2D eigenvalue weighted by Gasteiger charge is 2.51. The third-order valence-electron chi connectivity index (χ3n) is 6.62. The second-order valence-electron chi connectivity index (χ2n) is 10.3. The number of nitrogens with one attached hydrogen (secondary N) is 1. The molecular weight excluding hydrogens is 464 g/mol. The Hall–Kier alpha value is -2.91. The van der Waals surface area contributed by atoms with Crippen molar-refractivity contribution in [3.8, 4) is 11.5 Å². The van der Waals surface area contributed by atoms with Crippen molar-refractivity contribution in [2.75, 3.05) is 26.8 Å². The molecule has 0 radical (unpaired) electrons. The molecule has 9 heteroatoms. The fourth-order valence-electron chi connectivity index (χ4n) is 4.86. The molecule has 4 atom stereocenters. The van der Waals surface area contributed by atoms with Crippen molar-refractivity contribution < 1.29 is 34.1 Å². The molecule has 1 aliphatic carbocycles. The highest BCUT2D eigenvalue weighted by Crippen LogP contribution is 2.51. The van der Waals surface area contributed by atoms with Gasteiger partial charge in [-0.05, 0) is 36.5 Å². The van der Waals surface area contributed by atoms with Gasteiger partial charge in [0.2, 0.25) is 11.8 Å². The van der Waals surface area contributed by atoms with E-state index in [1.165, 1.54) is 7.11 Å². The molecule has 0 saturated heterocycles. The Balaban J connectivity index is 2.11. The molecule has 0 saturated carbocycles. The van der Waals surface area contributed by atoms with Crippen LogP contribution in [0.25, 0.3) is 0 Å². The molecule has 1 aromatic carbocycles. The summed E-state index contributed by atoms with van der Waals surface area (Å²) in [5.41, 5.74) is 1.23. The van der Waals surface area contributed by atoms with E-state index in [0.29, 0.717) is 53.4 Å². The first-order valence-electron chi connectivity index (χ1n) is 12.5. The summed E-state index contributed by atoms with van der Waals surface area (Å²) in [6, 6.07) is 2.40. The molecule has 3 N–H and O–H groups in total. The van der Waals surface area contributed by atoms with Crippen LogP contribution >= 0.6 is 0 Å². The lowest BCUT2D eigenvalue weighted by molar-refractivity contribution is -0.138. The molecule has 2 aliphatic rings. The molecule has 1 aliphatic heterocycles. The molecule has 0 bridgehead atoms. The summed E-state index contributed by atoms with van der Waals surface area (Å²) >= 11 is 0. The normalized spacial score (nSPS) is 22.4. The Morgan fingerprint density at radius 1 is 1.22 bits per heavy atom. The Labute approximate surface area is 212 Å². The number of methoxy groups -OCH3 is 1. The molecule has 0 fully saturated rings. The van der Waals surface area contributed by atoms with Crippen LogP contribution in [0.5, 0.6) is 11.5 Å². The molecular formula is C27H38N2O7. The Kier molecular flexibility index (Phi) is 9.13. The zero-order chi connectivity index (χ0) is 26.6. The molecule has 9 nitrogen and oxygen atoms in total. The molecule has 1 aromatic rings. The number of hydrogen-bond acceptors (Lipinski definition) is 7. The predicted molar refractivity (Wildman–Crippen MR) is 134 cm³/mol. The number of hydrogen-bond donors (Lipinski definition) is 3. The number of fused-ring (bicyclic) bond motifs is 3. The number of aliphatic hydroxyl groups excluding tert-OH is 2. The average molecular weight is 503 g/mol. The van der Waals surface area contributed by atoms with Crippen molar-refractivity contribution in [3.63, 3.8) is 0 Å². The van der Waals surface area contributed by atoms with Crippen LogP contribution in [-0.4, -0.2) is 78.3 Å². The number of carbonyl (C=O) groups excluding carboxylic acids is 3. The van der Waals surface area contributed by atoms with E-state index in [9.17, 15) is 24.6 Å². The lowest BCUT2D eigenvalue weighted by Gasteiger charge is -2.41. The summed E-state index contributed by atoms with van der Waals surface area (Å²) in [4.78, 5) is 39.8. The number of aliphatic hydroxyl groups is 2. The van der Waals surface area contributed by atoms with Crippen molar-refractivity contribution in [1.82, 2.24) is 10.2 Å². The van der Waals surface area contributed by atoms with Gasteiger partial charge >= 0.3 is 0 Å². The number of rotatable bonds is 11. The van der Waals surface area contributed by atoms with Gasteiger partial charge in [-0.1, -0.05) is 27.7 Å². The summed E-state index contributed by atoms with van der Waals surface area (Å²) in [5.74, 6) is -0.0509. The van der Waals surface area contributed by atoms with E-state index in [1.54, 1.807) is 23.1 Å². The molecule has 2 amide bonds. The number of nitrogens with zero attached hydrogens (tertiary/aromatic N) is 1. The third-order valence-corrected chi connectivity index (χ3v) is 6.62. The standard InChI is InChI=1S/C27H38N2O7/c1-15(2)6-8-29(22(32)10-16(3)4)20-13-19(27(34)28-7-9-30)23-18-11-17(14-31)12-21(35-5)25(18)36-26(23)24(20)33/h11-16,20,23-24,26,30,33H,6-10H2,1-5H3,(H,28,34). The van der Waals surface area contributed by atoms with E-state index < -0.39 is 30.1 Å². The molecule has 3 rings (SSSR count). The van der Waals surface area contributed by atoms with Gasteiger partial charge in [-0.15, -0.1) is 0 Å². The number of aldehydes is 1. The Bertz CT molecular complexity index is 1000. The van der Waals surface area contributed by atoms with Gasteiger partial charge < -0.3 is 29.9 Å². The van der Waals surface area contributed by atoms with E-state index in [4.69, 9.17) is 9.47 Å². The van der Waals surface area contributed by atoms with E-state index in [-0.39, 0.29) is 25.0 Å². The van der Waals surface area contributed by atoms with Crippen LogP contribution < -0.4 is 14.8 Å². The first kappa shape index (κ1) is 27.7. The second kappa shape index (κ2) is 11.9. The minimum absolute atomic E-state index is 0.0511. The number of benzene rings is 1. The maximum atomic E-state index is 13.3. The highest BCUT2D eigenvalue weighted by molar-refractivity contribution is 5.96. The monoisotopic (exact) mass is 502 g/mol. The Morgan fingerprint density at radius 2 is 1.94 bits per heavy atom. The van der Waals surface area contributed by atoms with Crippen molar-refractivity contribution in [1.29, 1.82) is 0 Å². The van der Waals surface area contributed by atoms with Crippen LogP contribution in [0.1, 0.15) is 62.4 Å². The fourth-order valence-corrected chi connectivity index (χ4v) is 4.86. The summed E-state index contributed by atoms with van der Waals surface area (Å²) < 4.78 is 11.6. The quantitative estimate of drug-likeness (QED) is 0.396. The van der Waals surface area contributed by atoms with Gasteiger partial charge in [0.1, 0.15) is 18.5 Å². The van der Waals surface area contributed by atoms with Crippen LogP contribution in [0.4, 0.5) is 0 Å². The lowest BCUT2D eigenvalue weighted by Crippen LogP contribution is -2.56. The Morgan fingerprint density at radius 3 is 2.53 bits per heavy atom. The SMILES string of the molecule is COc1cc(C=O)cc2c1OC1C2C(C(=O)NCCO)=CC(N(CCC(C)C)C(=O)CC(C)C)C1O. The fraction of sp³-hybridized carbons (Fsp3) is 0.593. The summed E-state index contributed by atoms with van der Waals surface area (Å²) in [6.07, 6.45) is 1.39. The summed E-state index contributed by atoms with van der Waals surface area (Å²) in [5, 5.41) is 23.5. The molecule has 198 valence electrons. The van der Waals surface area contributed by atoms with Gasteiger partial charge in [-0.2, -0.15) is 0 Å². The van der Waals surface area contributed by atoms with Crippen LogP contribution in [0.15, 0.2) is 23.8 Å².